The van der Waals surface area contributed by atoms with Crippen LogP contribution < -0.4 is 0 Å². The molecule has 0 amide bonds. The number of rotatable bonds is 4. The molecule has 0 saturated carbocycles. The summed E-state index contributed by atoms with van der Waals surface area (Å²) >= 11 is 0. The number of aliphatic hydroxyl groups is 1. The number of aromatic nitrogens is 2. The van der Waals surface area contributed by atoms with Gasteiger partial charge in [-0.2, -0.15) is 0 Å². The summed E-state index contributed by atoms with van der Waals surface area (Å²) in [6.07, 6.45) is 1.17. The zero-order chi connectivity index (χ0) is 23.8. The number of allylic oxidation sites excluding steroid dienone is 2. The van der Waals surface area contributed by atoms with Gasteiger partial charge >= 0.3 is 0 Å². The maximum Gasteiger partial charge on any atom is 0.155 e. The molecule has 176 valence electrons. The van der Waals surface area contributed by atoms with E-state index < -0.39 is 0 Å². The van der Waals surface area contributed by atoms with Crippen molar-refractivity contribution in [2.24, 2.45) is 0 Å². The van der Waals surface area contributed by atoms with Gasteiger partial charge in [0.05, 0.1) is 28.5 Å². The number of phenolic OH excluding ortho intramolecular Hbond substituents is 2. The van der Waals surface area contributed by atoms with Gasteiger partial charge < -0.3 is 15.3 Å². The minimum Gasteiger partial charge on any atom is -0.512 e. The minimum atomic E-state index is -0.125. The van der Waals surface area contributed by atoms with Gasteiger partial charge in [-0.3, -0.25) is 4.79 Å². The van der Waals surface area contributed by atoms with Crippen LogP contribution in [0.3, 0.4) is 0 Å². The predicted octanol–water partition coefficient (Wildman–Crippen LogP) is 5.92. The van der Waals surface area contributed by atoms with Crippen LogP contribution in [0, 0.1) is 0 Å². The number of carbonyl (C=O) groups is 1. The van der Waals surface area contributed by atoms with Gasteiger partial charge in [0.1, 0.15) is 11.5 Å². The second-order valence-corrected chi connectivity index (χ2v) is 7.25. The normalized spacial score (nSPS) is 10.5. The number of benzene rings is 2. The molecule has 0 fully saturated rings. The molecule has 7 heteroatoms. The van der Waals surface area contributed by atoms with Crippen molar-refractivity contribution in [1.29, 1.82) is 0 Å². The maximum absolute atomic E-state index is 10.1. The van der Waals surface area contributed by atoms with Crippen molar-refractivity contribution in [3.05, 3.63) is 96.8 Å². The third-order valence-electron chi connectivity index (χ3n) is 4.53. The van der Waals surface area contributed by atoms with Gasteiger partial charge in [-0.15, -0.1) is 0 Å². The summed E-state index contributed by atoms with van der Waals surface area (Å²) in [6, 6.07) is 25.4. The van der Waals surface area contributed by atoms with E-state index in [0.717, 1.165) is 0 Å². The van der Waals surface area contributed by atoms with Crippen LogP contribution in [-0.4, -0.2) is 31.1 Å². The van der Waals surface area contributed by atoms with Gasteiger partial charge in [0.15, 0.2) is 5.78 Å². The van der Waals surface area contributed by atoms with Crippen molar-refractivity contribution in [3.63, 3.8) is 0 Å². The summed E-state index contributed by atoms with van der Waals surface area (Å²) in [7, 11) is 0. The van der Waals surface area contributed by atoms with Crippen LogP contribution in [0.15, 0.2) is 96.8 Å². The summed E-state index contributed by atoms with van der Waals surface area (Å²) < 4.78 is 0. The minimum absolute atomic E-state index is 0. The number of phenols is 2. The number of para-hydroxylation sites is 2. The fourth-order valence-corrected chi connectivity index (χ4v) is 3.13. The summed E-state index contributed by atoms with van der Waals surface area (Å²) in [5, 5.41) is 28.5. The number of nitrogens with zero attached hydrogens (tertiary/aromatic N) is 2. The summed E-state index contributed by atoms with van der Waals surface area (Å²) in [5.74, 6) is 0.314. The van der Waals surface area contributed by atoms with Crippen LogP contribution in [0.2, 0.25) is 0 Å². The third-order valence-corrected chi connectivity index (χ3v) is 4.53. The van der Waals surface area contributed by atoms with E-state index in [-0.39, 0.29) is 43.5 Å². The SMILES string of the molecule is CC(=O)/C=C(/C)O.Oc1ccccc1-c1cccc(-c2cccc(-c3ccccc3O)n2)n1.[Pd]. The number of hydrogen-bond acceptors (Lipinski definition) is 6. The Bertz CT molecular complexity index is 1210. The first-order valence-electron chi connectivity index (χ1n) is 10.2. The van der Waals surface area contributed by atoms with Crippen LogP contribution in [-0.2, 0) is 25.2 Å². The second kappa shape index (κ2) is 12.5. The Morgan fingerprint density at radius 1 is 0.647 bits per heavy atom. The van der Waals surface area contributed by atoms with Gasteiger partial charge in [0, 0.05) is 37.6 Å². The van der Waals surface area contributed by atoms with E-state index in [1.807, 2.05) is 60.7 Å². The standard InChI is InChI=1S/C22H16N2O2.C5H8O2.Pd/c25-21-13-3-1-7-15(21)17-9-5-11-19(23-17)20-12-6-10-18(24-20)16-8-2-4-14-22(16)26;1-4(6)3-5(2)7;/h1-14,25-26H;3,6H,1-2H3;/b;4-3-;. The smallest absolute Gasteiger partial charge is 0.155 e. The van der Waals surface area contributed by atoms with Crippen molar-refractivity contribution in [1.82, 2.24) is 9.97 Å². The topological polar surface area (TPSA) is 104 Å². The number of aliphatic hydroxyl groups excluding tert-OH is 1. The number of aromatic hydroxyl groups is 2. The molecule has 0 aliphatic rings. The van der Waals surface area contributed by atoms with E-state index in [0.29, 0.717) is 33.9 Å². The first-order chi connectivity index (χ1) is 15.8. The largest absolute Gasteiger partial charge is 0.512 e. The molecule has 0 aliphatic carbocycles. The number of ketones is 1. The molecule has 3 N–H and O–H groups in total. The number of pyridine rings is 2. The molecular weight excluding hydrogens is 523 g/mol. The van der Waals surface area contributed by atoms with E-state index in [9.17, 15) is 15.0 Å². The predicted molar refractivity (Wildman–Crippen MR) is 129 cm³/mol. The summed E-state index contributed by atoms with van der Waals surface area (Å²) in [4.78, 5) is 19.3. The molecule has 0 bridgehead atoms. The molecule has 4 aromatic rings. The molecule has 0 unspecified atom stereocenters. The van der Waals surface area contributed by atoms with Crippen LogP contribution in [0.25, 0.3) is 33.9 Å². The second-order valence-electron chi connectivity index (χ2n) is 7.25. The third kappa shape index (κ3) is 7.11. The Morgan fingerprint density at radius 2 is 1.03 bits per heavy atom. The molecular formula is C27H24N2O4Pd. The Kier molecular flexibility index (Phi) is 9.69. The van der Waals surface area contributed by atoms with E-state index >= 15 is 0 Å². The zero-order valence-electron chi connectivity index (χ0n) is 18.6. The molecule has 2 aromatic heterocycles. The molecule has 34 heavy (non-hydrogen) atoms. The first kappa shape index (κ1) is 26.5. The van der Waals surface area contributed by atoms with Gasteiger partial charge in [-0.25, -0.2) is 9.97 Å². The van der Waals surface area contributed by atoms with Crippen molar-refractivity contribution < 1.29 is 40.5 Å². The van der Waals surface area contributed by atoms with Gasteiger partial charge in [-0.1, -0.05) is 36.4 Å². The Labute approximate surface area is 212 Å². The maximum atomic E-state index is 10.1. The zero-order valence-corrected chi connectivity index (χ0v) is 20.2. The van der Waals surface area contributed by atoms with Gasteiger partial charge in [-0.05, 0) is 62.4 Å². The number of carbonyl (C=O) groups excluding carboxylic acids is 1. The molecule has 0 spiro atoms. The van der Waals surface area contributed by atoms with Crippen LogP contribution >= 0.6 is 0 Å². The van der Waals surface area contributed by atoms with E-state index in [4.69, 9.17) is 5.11 Å². The van der Waals surface area contributed by atoms with Crippen molar-refractivity contribution in [2.75, 3.05) is 0 Å². The monoisotopic (exact) mass is 546 g/mol. The molecule has 0 aliphatic heterocycles. The Hall–Kier alpha value is -3.79. The van der Waals surface area contributed by atoms with Gasteiger partial charge in [0.2, 0.25) is 0 Å². The fraction of sp³-hybridized carbons (Fsp3) is 0.0741. The van der Waals surface area contributed by atoms with Crippen LogP contribution in [0.1, 0.15) is 13.8 Å². The van der Waals surface area contributed by atoms with E-state index in [1.54, 1.807) is 24.3 Å². The van der Waals surface area contributed by atoms with Gasteiger partial charge in [0.25, 0.3) is 0 Å². The molecule has 6 nitrogen and oxygen atoms in total. The van der Waals surface area contributed by atoms with Crippen molar-refractivity contribution in [3.8, 4) is 45.4 Å². The quantitative estimate of drug-likeness (QED) is 0.167. The number of hydrogen-bond donors (Lipinski definition) is 3. The van der Waals surface area contributed by atoms with E-state index in [1.165, 1.54) is 19.9 Å². The Morgan fingerprint density at radius 3 is 1.35 bits per heavy atom. The van der Waals surface area contributed by atoms with Crippen molar-refractivity contribution in [2.45, 2.75) is 13.8 Å². The van der Waals surface area contributed by atoms with Crippen LogP contribution in [0.5, 0.6) is 11.5 Å². The molecule has 0 radical (unpaired) electrons. The molecule has 0 atom stereocenters. The summed E-state index contributed by atoms with van der Waals surface area (Å²) in [5.41, 5.74) is 4.09. The van der Waals surface area contributed by atoms with E-state index in [2.05, 4.69) is 9.97 Å². The molecule has 2 aromatic carbocycles. The molecule has 4 rings (SSSR count). The summed E-state index contributed by atoms with van der Waals surface area (Å²) in [6.45, 7) is 2.85. The Balaban J connectivity index is 0.000000449. The molecule has 0 saturated heterocycles. The van der Waals surface area contributed by atoms with Crippen molar-refractivity contribution >= 4 is 5.78 Å². The average molecular weight is 547 g/mol. The van der Waals surface area contributed by atoms with Crippen LogP contribution in [0.4, 0.5) is 0 Å². The molecule has 2 heterocycles. The fourth-order valence-electron chi connectivity index (χ4n) is 3.13. The first-order valence-corrected chi connectivity index (χ1v) is 10.2. The average Bonchev–Trinajstić information content (AvgIpc) is 2.79.